The van der Waals surface area contributed by atoms with E-state index in [1.807, 2.05) is 66.6 Å². The molecule has 5 rings (SSSR count). The van der Waals surface area contributed by atoms with E-state index in [1.165, 1.54) is 0 Å². The van der Waals surface area contributed by atoms with E-state index in [0.29, 0.717) is 44.1 Å². The number of amides is 1. The molecule has 1 amide bonds. The first-order valence-corrected chi connectivity index (χ1v) is 12.2. The van der Waals surface area contributed by atoms with E-state index in [1.54, 1.807) is 24.0 Å². The summed E-state index contributed by atoms with van der Waals surface area (Å²) in [7, 11) is 1.57. The third-order valence-corrected chi connectivity index (χ3v) is 6.55. The maximum atomic E-state index is 13.1. The summed E-state index contributed by atoms with van der Waals surface area (Å²) >= 11 is 0. The van der Waals surface area contributed by atoms with Gasteiger partial charge in [0.2, 0.25) is 0 Å². The fourth-order valence-electron chi connectivity index (χ4n) is 4.71. The summed E-state index contributed by atoms with van der Waals surface area (Å²) < 4.78 is 12.9. The Morgan fingerprint density at radius 2 is 1.89 bits per heavy atom. The number of hydrogen-bond donors (Lipinski definition) is 0. The lowest BCUT2D eigenvalue weighted by Gasteiger charge is -2.36. The number of carbonyl (C=O) groups is 1. The Morgan fingerprint density at radius 1 is 1.11 bits per heavy atom. The van der Waals surface area contributed by atoms with Crippen LogP contribution in [0.25, 0.3) is 16.6 Å². The second-order valence-corrected chi connectivity index (χ2v) is 8.73. The fourth-order valence-corrected chi connectivity index (χ4v) is 4.71. The Balaban J connectivity index is 1.31. The molecule has 9 nitrogen and oxygen atoms in total. The molecule has 4 heterocycles. The number of piperazine rings is 1. The van der Waals surface area contributed by atoms with E-state index in [-0.39, 0.29) is 5.91 Å². The molecule has 1 aliphatic heterocycles. The minimum Gasteiger partial charge on any atom is -0.492 e. The number of aromatic nitrogens is 3. The molecule has 0 radical (unpaired) electrons. The summed E-state index contributed by atoms with van der Waals surface area (Å²) in [5, 5.41) is 13.9. The van der Waals surface area contributed by atoms with Crippen molar-refractivity contribution in [1.82, 2.24) is 19.5 Å². The maximum Gasteiger partial charge on any atom is 0.256 e. The number of nitriles is 1. The SMILES string of the molecule is CCOc1cc(-c2ccc(N3CCN(C(=O)C(OC)c4ccccc4)CC3)nc2)c2c(C#N)cnn2c1. The lowest BCUT2D eigenvalue weighted by atomic mass is 10.1. The summed E-state index contributed by atoms with van der Waals surface area (Å²) in [5.74, 6) is 1.49. The molecule has 1 fully saturated rings. The molecule has 0 N–H and O–H groups in total. The van der Waals surface area contributed by atoms with Gasteiger partial charge in [-0.3, -0.25) is 4.79 Å². The Morgan fingerprint density at radius 3 is 2.54 bits per heavy atom. The number of carbonyl (C=O) groups excluding carboxylic acids is 1. The molecule has 188 valence electrons. The zero-order valence-corrected chi connectivity index (χ0v) is 20.9. The van der Waals surface area contributed by atoms with Gasteiger partial charge in [0.1, 0.15) is 17.6 Å². The van der Waals surface area contributed by atoms with Gasteiger partial charge in [-0.15, -0.1) is 0 Å². The first-order chi connectivity index (χ1) is 18.1. The van der Waals surface area contributed by atoms with Crippen molar-refractivity contribution < 1.29 is 14.3 Å². The second-order valence-electron chi connectivity index (χ2n) is 8.73. The predicted molar refractivity (Wildman–Crippen MR) is 139 cm³/mol. The molecule has 3 aromatic heterocycles. The topological polar surface area (TPSA) is 96.0 Å². The Kier molecular flexibility index (Phi) is 7.01. The minimum absolute atomic E-state index is 0.0241. The third kappa shape index (κ3) is 4.84. The molecule has 1 atom stereocenters. The molecule has 37 heavy (non-hydrogen) atoms. The average Bonchev–Trinajstić information content (AvgIpc) is 3.37. The number of ether oxygens (including phenoxy) is 2. The highest BCUT2D eigenvalue weighted by Gasteiger charge is 2.29. The van der Waals surface area contributed by atoms with Gasteiger partial charge in [0, 0.05) is 50.6 Å². The van der Waals surface area contributed by atoms with E-state index in [4.69, 9.17) is 14.5 Å². The van der Waals surface area contributed by atoms with E-state index >= 15 is 0 Å². The van der Waals surface area contributed by atoms with Crippen molar-refractivity contribution in [3.8, 4) is 22.9 Å². The summed E-state index contributed by atoms with van der Waals surface area (Å²) in [6.45, 7) is 4.98. The lowest BCUT2D eigenvalue weighted by Crippen LogP contribution is -2.50. The summed E-state index contributed by atoms with van der Waals surface area (Å²) in [4.78, 5) is 21.8. The quantitative estimate of drug-likeness (QED) is 0.385. The van der Waals surface area contributed by atoms with Crippen LogP contribution in [0.5, 0.6) is 5.75 Å². The first kappa shape index (κ1) is 24.3. The van der Waals surface area contributed by atoms with Crippen LogP contribution < -0.4 is 9.64 Å². The van der Waals surface area contributed by atoms with Crippen molar-refractivity contribution in [2.24, 2.45) is 0 Å². The highest BCUT2D eigenvalue weighted by Crippen LogP contribution is 2.31. The van der Waals surface area contributed by atoms with Crippen LogP contribution in [-0.4, -0.2) is 65.3 Å². The van der Waals surface area contributed by atoms with Gasteiger partial charge in [-0.1, -0.05) is 30.3 Å². The molecule has 0 saturated carbocycles. The standard InChI is InChI=1S/C28H28N6O3/c1-3-37-23-15-24(26-22(16-29)18-31-34(26)19-23)21-9-10-25(30-17-21)32-11-13-33(14-12-32)28(35)27(36-2)20-7-5-4-6-8-20/h4-10,15,17-19,27H,3,11-14H2,1-2H3. The van der Waals surface area contributed by atoms with Gasteiger partial charge in [0.05, 0.1) is 30.1 Å². The molecule has 1 aliphatic rings. The Hall–Kier alpha value is -4.42. The molecule has 9 heteroatoms. The number of hydrogen-bond acceptors (Lipinski definition) is 7. The molecule has 1 aromatic carbocycles. The molecule has 0 spiro atoms. The zero-order chi connectivity index (χ0) is 25.8. The normalized spacial score (nSPS) is 14.4. The predicted octanol–water partition coefficient (Wildman–Crippen LogP) is 3.70. The number of benzene rings is 1. The molecule has 0 bridgehead atoms. The fraction of sp³-hybridized carbons (Fsp3) is 0.286. The van der Waals surface area contributed by atoms with Crippen LogP contribution in [0.3, 0.4) is 0 Å². The highest BCUT2D eigenvalue weighted by molar-refractivity contribution is 5.85. The van der Waals surface area contributed by atoms with Crippen LogP contribution in [0.4, 0.5) is 5.82 Å². The van der Waals surface area contributed by atoms with Gasteiger partial charge < -0.3 is 19.3 Å². The van der Waals surface area contributed by atoms with Crippen molar-refractivity contribution in [2.75, 3.05) is 44.8 Å². The van der Waals surface area contributed by atoms with Crippen LogP contribution >= 0.6 is 0 Å². The molecular formula is C28H28N6O3. The first-order valence-electron chi connectivity index (χ1n) is 12.2. The summed E-state index contributed by atoms with van der Waals surface area (Å²) in [6, 6.07) is 17.7. The van der Waals surface area contributed by atoms with Crippen LogP contribution in [0.15, 0.2) is 67.1 Å². The Bertz CT molecular complexity index is 1420. The van der Waals surface area contributed by atoms with E-state index in [9.17, 15) is 10.1 Å². The Labute approximate surface area is 215 Å². The van der Waals surface area contributed by atoms with Crippen molar-refractivity contribution >= 4 is 17.2 Å². The van der Waals surface area contributed by atoms with Crippen molar-refractivity contribution in [3.63, 3.8) is 0 Å². The number of methoxy groups -OCH3 is 1. The van der Waals surface area contributed by atoms with E-state index < -0.39 is 6.10 Å². The largest absolute Gasteiger partial charge is 0.492 e. The number of nitrogens with zero attached hydrogens (tertiary/aromatic N) is 6. The van der Waals surface area contributed by atoms with Crippen LogP contribution in [0, 0.1) is 11.3 Å². The van der Waals surface area contributed by atoms with Crippen LogP contribution in [-0.2, 0) is 9.53 Å². The van der Waals surface area contributed by atoms with Crippen molar-refractivity contribution in [2.45, 2.75) is 13.0 Å². The van der Waals surface area contributed by atoms with Gasteiger partial charge in [0.25, 0.3) is 5.91 Å². The number of rotatable bonds is 7. The average molecular weight is 497 g/mol. The van der Waals surface area contributed by atoms with Crippen molar-refractivity contribution in [3.05, 3.63) is 78.2 Å². The maximum absolute atomic E-state index is 13.1. The smallest absolute Gasteiger partial charge is 0.256 e. The van der Waals surface area contributed by atoms with Crippen LogP contribution in [0.1, 0.15) is 24.2 Å². The number of fused-ring (bicyclic) bond motifs is 1. The summed E-state index contributed by atoms with van der Waals surface area (Å²) in [5.41, 5.74) is 3.77. The monoisotopic (exact) mass is 496 g/mol. The minimum atomic E-state index is -0.601. The van der Waals surface area contributed by atoms with Gasteiger partial charge >= 0.3 is 0 Å². The van der Waals surface area contributed by atoms with Crippen LogP contribution in [0.2, 0.25) is 0 Å². The molecule has 4 aromatic rings. The molecular weight excluding hydrogens is 468 g/mol. The molecule has 0 aliphatic carbocycles. The van der Waals surface area contributed by atoms with E-state index in [2.05, 4.69) is 16.1 Å². The molecule has 1 saturated heterocycles. The van der Waals surface area contributed by atoms with Gasteiger partial charge in [-0.05, 0) is 30.7 Å². The number of anilines is 1. The zero-order valence-electron chi connectivity index (χ0n) is 20.9. The highest BCUT2D eigenvalue weighted by atomic mass is 16.5. The number of pyridine rings is 2. The van der Waals surface area contributed by atoms with Gasteiger partial charge in [-0.25, -0.2) is 9.50 Å². The van der Waals surface area contributed by atoms with E-state index in [0.717, 1.165) is 28.0 Å². The third-order valence-electron chi connectivity index (χ3n) is 6.55. The van der Waals surface area contributed by atoms with Crippen molar-refractivity contribution in [1.29, 1.82) is 5.26 Å². The molecule has 1 unspecified atom stereocenters. The van der Waals surface area contributed by atoms with Gasteiger partial charge in [0.15, 0.2) is 6.10 Å². The second kappa shape index (κ2) is 10.7. The van der Waals surface area contributed by atoms with Gasteiger partial charge in [-0.2, -0.15) is 10.4 Å². The summed E-state index contributed by atoms with van der Waals surface area (Å²) in [6.07, 6.45) is 4.54. The lowest BCUT2D eigenvalue weighted by molar-refractivity contribution is -0.142.